The van der Waals surface area contributed by atoms with E-state index in [4.69, 9.17) is 11.6 Å². The first-order chi connectivity index (χ1) is 12.8. The van der Waals surface area contributed by atoms with Gasteiger partial charge in [0.2, 0.25) is 5.91 Å². The van der Waals surface area contributed by atoms with E-state index in [9.17, 15) is 18.8 Å². The van der Waals surface area contributed by atoms with E-state index in [1.54, 1.807) is 12.1 Å². The first-order valence-corrected chi connectivity index (χ1v) is 9.10. The number of rotatable bonds is 4. The van der Waals surface area contributed by atoms with Crippen LogP contribution in [0.3, 0.4) is 0 Å². The van der Waals surface area contributed by atoms with Crippen molar-refractivity contribution < 1.29 is 18.8 Å². The number of nitrogens with one attached hydrogen (secondary N) is 1. The second-order valence-electron chi connectivity index (χ2n) is 5.82. The molecule has 1 saturated heterocycles. The van der Waals surface area contributed by atoms with E-state index in [0.29, 0.717) is 17.4 Å². The van der Waals surface area contributed by atoms with Gasteiger partial charge in [0.25, 0.3) is 11.1 Å². The van der Waals surface area contributed by atoms with Crippen molar-refractivity contribution in [2.75, 3.05) is 11.9 Å². The molecule has 2 aromatic rings. The van der Waals surface area contributed by atoms with Gasteiger partial charge >= 0.3 is 0 Å². The number of nitrogens with zero attached hydrogens (tertiary/aromatic N) is 1. The lowest BCUT2D eigenvalue weighted by atomic mass is 10.2. The van der Waals surface area contributed by atoms with Crippen molar-refractivity contribution in [3.63, 3.8) is 0 Å². The molecule has 0 saturated carbocycles. The van der Waals surface area contributed by atoms with Crippen molar-refractivity contribution in [2.45, 2.75) is 6.92 Å². The topological polar surface area (TPSA) is 66.5 Å². The zero-order chi connectivity index (χ0) is 19.6. The molecule has 0 unspecified atom stereocenters. The van der Waals surface area contributed by atoms with Gasteiger partial charge in [-0.05, 0) is 49.0 Å². The van der Waals surface area contributed by atoms with Gasteiger partial charge in [-0.3, -0.25) is 19.3 Å². The Kier molecular flexibility index (Phi) is 5.62. The Bertz CT molecular complexity index is 940. The smallest absolute Gasteiger partial charge is 0.294 e. The summed E-state index contributed by atoms with van der Waals surface area (Å²) in [6, 6.07) is 11.2. The number of amides is 3. The lowest BCUT2D eigenvalue weighted by Crippen LogP contribution is -2.36. The lowest BCUT2D eigenvalue weighted by Gasteiger charge is -2.12. The highest BCUT2D eigenvalue weighted by atomic mass is 35.5. The summed E-state index contributed by atoms with van der Waals surface area (Å²) >= 11 is 6.58. The van der Waals surface area contributed by atoms with Crippen molar-refractivity contribution in [2.24, 2.45) is 0 Å². The monoisotopic (exact) mass is 404 g/mol. The van der Waals surface area contributed by atoms with Gasteiger partial charge in [-0.1, -0.05) is 35.4 Å². The number of thioether (sulfide) groups is 1. The van der Waals surface area contributed by atoms with E-state index in [2.05, 4.69) is 5.32 Å². The molecular weight excluding hydrogens is 391 g/mol. The van der Waals surface area contributed by atoms with E-state index in [-0.39, 0.29) is 15.5 Å². The Morgan fingerprint density at radius 2 is 1.93 bits per heavy atom. The highest BCUT2D eigenvalue weighted by Gasteiger charge is 2.36. The number of benzene rings is 2. The van der Waals surface area contributed by atoms with Crippen LogP contribution in [0, 0.1) is 12.7 Å². The SMILES string of the molecule is Cc1ccc(NC(=O)CN2C(=O)S/C(=C/c3c(F)cccc3Cl)C2=O)cc1. The normalized spacial score (nSPS) is 15.5. The van der Waals surface area contributed by atoms with E-state index < -0.39 is 29.4 Å². The molecule has 27 heavy (non-hydrogen) atoms. The van der Waals surface area contributed by atoms with Gasteiger partial charge in [-0.25, -0.2) is 4.39 Å². The number of anilines is 1. The standard InChI is InChI=1S/C19H14ClFN2O3S/c1-11-5-7-12(8-6-11)22-17(24)10-23-18(25)16(27-19(23)26)9-13-14(20)3-2-4-15(13)21/h2-9H,10H2,1H3,(H,22,24)/b16-9+. The molecule has 1 fully saturated rings. The fraction of sp³-hybridized carbons (Fsp3) is 0.105. The minimum absolute atomic E-state index is 0.00939. The first kappa shape index (κ1) is 19.1. The average molecular weight is 405 g/mol. The lowest BCUT2D eigenvalue weighted by molar-refractivity contribution is -0.127. The molecule has 5 nitrogen and oxygen atoms in total. The molecule has 0 bridgehead atoms. The van der Waals surface area contributed by atoms with Crippen molar-refractivity contribution in [1.82, 2.24) is 4.90 Å². The van der Waals surface area contributed by atoms with Crippen LogP contribution < -0.4 is 5.32 Å². The van der Waals surface area contributed by atoms with Gasteiger partial charge in [0.05, 0.1) is 9.93 Å². The molecule has 2 aromatic carbocycles. The minimum atomic E-state index is -0.664. The maximum atomic E-state index is 13.9. The molecule has 0 aliphatic carbocycles. The Balaban J connectivity index is 1.73. The number of aryl methyl sites for hydroxylation is 1. The van der Waals surface area contributed by atoms with E-state index in [1.807, 2.05) is 19.1 Å². The summed E-state index contributed by atoms with van der Waals surface area (Å²) in [5, 5.41) is 2.15. The fourth-order valence-electron chi connectivity index (χ4n) is 2.40. The van der Waals surface area contributed by atoms with Crippen LogP contribution in [-0.4, -0.2) is 28.5 Å². The van der Waals surface area contributed by atoms with Crippen molar-refractivity contribution in [1.29, 1.82) is 0 Å². The first-order valence-electron chi connectivity index (χ1n) is 7.91. The van der Waals surface area contributed by atoms with Crippen LogP contribution in [0.25, 0.3) is 6.08 Å². The summed E-state index contributed by atoms with van der Waals surface area (Å²) in [4.78, 5) is 37.5. The molecule has 8 heteroatoms. The molecule has 1 N–H and O–H groups in total. The highest BCUT2D eigenvalue weighted by Crippen LogP contribution is 2.34. The quantitative estimate of drug-likeness (QED) is 0.764. The van der Waals surface area contributed by atoms with Crippen LogP contribution >= 0.6 is 23.4 Å². The van der Waals surface area contributed by atoms with Gasteiger partial charge in [-0.15, -0.1) is 0 Å². The Labute approximate surface area is 164 Å². The largest absolute Gasteiger partial charge is 0.325 e. The number of imide groups is 1. The second kappa shape index (κ2) is 7.94. The second-order valence-corrected chi connectivity index (χ2v) is 7.22. The molecule has 0 radical (unpaired) electrons. The van der Waals surface area contributed by atoms with Crippen molar-refractivity contribution in [3.05, 3.63) is 69.3 Å². The number of halogens is 2. The van der Waals surface area contributed by atoms with Crippen molar-refractivity contribution in [3.8, 4) is 0 Å². The summed E-state index contributed by atoms with van der Waals surface area (Å²) in [6.45, 7) is 1.49. The Morgan fingerprint density at radius 1 is 1.22 bits per heavy atom. The van der Waals surface area contributed by atoms with Crippen molar-refractivity contribution >= 4 is 52.2 Å². The van der Waals surface area contributed by atoms with Gasteiger partial charge in [0.15, 0.2) is 0 Å². The molecule has 1 aliphatic heterocycles. The maximum Gasteiger partial charge on any atom is 0.294 e. The zero-order valence-corrected chi connectivity index (χ0v) is 15.7. The third-order valence-electron chi connectivity index (χ3n) is 3.79. The number of carbonyl (C=O) groups is 3. The number of hydrogen-bond donors (Lipinski definition) is 1. The summed E-state index contributed by atoms with van der Waals surface area (Å²) < 4.78 is 13.9. The fourth-order valence-corrected chi connectivity index (χ4v) is 3.43. The molecule has 0 atom stereocenters. The molecule has 0 spiro atoms. The van der Waals surface area contributed by atoms with Gasteiger partial charge < -0.3 is 5.32 Å². The third-order valence-corrected chi connectivity index (χ3v) is 5.02. The van der Waals surface area contributed by atoms with E-state index >= 15 is 0 Å². The van der Waals surface area contributed by atoms with E-state index in [1.165, 1.54) is 24.3 Å². The maximum absolute atomic E-state index is 13.9. The molecule has 1 aliphatic rings. The zero-order valence-electron chi connectivity index (χ0n) is 14.2. The molecule has 3 rings (SSSR count). The summed E-state index contributed by atoms with van der Waals surface area (Å²) in [5.74, 6) is -1.78. The van der Waals surface area contributed by atoms with E-state index in [0.717, 1.165) is 10.5 Å². The molecule has 138 valence electrons. The molecule has 3 amide bonds. The van der Waals surface area contributed by atoms with Crippen LogP contribution in [-0.2, 0) is 9.59 Å². The predicted molar refractivity (Wildman–Crippen MR) is 104 cm³/mol. The number of carbonyl (C=O) groups excluding carboxylic acids is 3. The summed E-state index contributed by atoms with van der Waals surface area (Å²) in [7, 11) is 0. The van der Waals surface area contributed by atoms with Crippen LogP contribution in [0.1, 0.15) is 11.1 Å². The Morgan fingerprint density at radius 3 is 2.59 bits per heavy atom. The van der Waals surface area contributed by atoms with Crippen LogP contribution in [0.5, 0.6) is 0 Å². The highest BCUT2D eigenvalue weighted by molar-refractivity contribution is 8.18. The third kappa shape index (κ3) is 4.37. The predicted octanol–water partition coefficient (Wildman–Crippen LogP) is 4.46. The average Bonchev–Trinajstić information content (AvgIpc) is 2.88. The van der Waals surface area contributed by atoms with Gasteiger partial charge in [-0.2, -0.15) is 0 Å². The van der Waals surface area contributed by atoms with Crippen LogP contribution in [0.2, 0.25) is 5.02 Å². The molecular formula is C19H14ClFN2O3S. The Hall–Kier alpha value is -2.64. The number of hydrogen-bond acceptors (Lipinski definition) is 4. The van der Waals surface area contributed by atoms with Gasteiger partial charge in [0, 0.05) is 11.3 Å². The van der Waals surface area contributed by atoms with Crippen LogP contribution in [0.15, 0.2) is 47.4 Å². The van der Waals surface area contributed by atoms with Crippen LogP contribution in [0.4, 0.5) is 14.9 Å². The molecule has 1 heterocycles. The summed E-state index contributed by atoms with van der Waals surface area (Å²) in [5.41, 5.74) is 1.62. The molecule has 0 aromatic heterocycles. The minimum Gasteiger partial charge on any atom is -0.325 e. The summed E-state index contributed by atoms with van der Waals surface area (Å²) in [6.07, 6.45) is 1.22. The van der Waals surface area contributed by atoms with Gasteiger partial charge in [0.1, 0.15) is 12.4 Å².